The van der Waals surface area contributed by atoms with Gasteiger partial charge in [0.05, 0.1) is 17.9 Å². The molecule has 0 saturated heterocycles. The molecule has 10 heteroatoms. The van der Waals surface area contributed by atoms with E-state index in [9.17, 15) is 18.3 Å². The van der Waals surface area contributed by atoms with Crippen molar-refractivity contribution in [1.29, 1.82) is 0 Å². The second-order valence-electron chi connectivity index (χ2n) is 7.51. The Labute approximate surface area is 176 Å². The molecule has 3 aromatic rings. The Morgan fingerprint density at radius 2 is 1.83 bits per heavy atom. The van der Waals surface area contributed by atoms with Gasteiger partial charge in [-0.25, -0.2) is 9.97 Å². The zero-order chi connectivity index (χ0) is 21.9. The molecule has 0 aliphatic carbocycles. The summed E-state index contributed by atoms with van der Waals surface area (Å²) in [6, 6.07) is 9.25. The minimum absolute atomic E-state index is 0.263. The van der Waals surface area contributed by atoms with Crippen LogP contribution in [0.1, 0.15) is 26.3 Å². The van der Waals surface area contributed by atoms with Crippen LogP contribution in [0.25, 0.3) is 11.2 Å². The minimum Gasteiger partial charge on any atom is -0.406 e. The molecule has 0 aliphatic heterocycles. The predicted molar refractivity (Wildman–Crippen MR) is 107 cm³/mol. The van der Waals surface area contributed by atoms with Crippen LogP contribution in [0.3, 0.4) is 0 Å². The number of fused-ring (bicyclic) bond motifs is 1. The maximum absolute atomic E-state index is 12.4. The van der Waals surface area contributed by atoms with Crippen LogP contribution in [0.4, 0.5) is 13.2 Å². The van der Waals surface area contributed by atoms with E-state index >= 15 is 0 Å². The Bertz CT molecular complexity index is 985. The van der Waals surface area contributed by atoms with Gasteiger partial charge in [-0.1, -0.05) is 23.9 Å². The van der Waals surface area contributed by atoms with Gasteiger partial charge in [-0.15, -0.1) is 13.2 Å². The molecule has 1 unspecified atom stereocenters. The summed E-state index contributed by atoms with van der Waals surface area (Å²) in [6.45, 7) is 5.91. The molecular weight excluding hydrogens is 419 g/mol. The topological polar surface area (TPSA) is 69.4 Å². The Morgan fingerprint density at radius 1 is 1.13 bits per heavy atom. The first-order valence-corrected chi connectivity index (χ1v) is 10.1. The molecule has 0 radical (unpaired) electrons. The fourth-order valence-electron chi connectivity index (χ4n) is 2.76. The number of nitrogens with zero attached hydrogens (tertiary/aromatic N) is 3. The van der Waals surface area contributed by atoms with E-state index in [0.29, 0.717) is 22.9 Å². The summed E-state index contributed by atoms with van der Waals surface area (Å²) in [5.41, 5.74) is 1.59. The van der Waals surface area contributed by atoms with Crippen LogP contribution in [0.5, 0.6) is 5.75 Å². The van der Waals surface area contributed by atoms with Crippen molar-refractivity contribution in [1.82, 2.24) is 14.5 Å². The van der Waals surface area contributed by atoms with Crippen molar-refractivity contribution in [3.05, 3.63) is 48.2 Å². The van der Waals surface area contributed by atoms with Gasteiger partial charge in [0.15, 0.2) is 17.1 Å². The molecule has 0 bridgehead atoms. The monoisotopic (exact) mass is 441 g/mol. The lowest BCUT2D eigenvalue weighted by Crippen LogP contribution is -2.28. The van der Waals surface area contributed by atoms with Gasteiger partial charge in [-0.2, -0.15) is 0 Å². The molecule has 0 amide bonds. The van der Waals surface area contributed by atoms with Crippen molar-refractivity contribution in [3.63, 3.8) is 0 Å². The highest BCUT2D eigenvalue weighted by Gasteiger charge is 2.31. The van der Waals surface area contributed by atoms with E-state index in [2.05, 4.69) is 14.7 Å². The van der Waals surface area contributed by atoms with Crippen molar-refractivity contribution in [2.75, 3.05) is 5.75 Å². The number of hydrogen-bond acceptors (Lipinski definition) is 6. The van der Waals surface area contributed by atoms with Gasteiger partial charge in [0, 0.05) is 6.20 Å². The van der Waals surface area contributed by atoms with Crippen LogP contribution in [-0.2, 0) is 11.3 Å². The summed E-state index contributed by atoms with van der Waals surface area (Å²) < 4.78 is 48.3. The van der Waals surface area contributed by atoms with Gasteiger partial charge in [0.1, 0.15) is 11.3 Å². The van der Waals surface area contributed by atoms with Crippen LogP contribution >= 0.6 is 11.8 Å². The van der Waals surface area contributed by atoms with Gasteiger partial charge >= 0.3 is 6.36 Å². The zero-order valence-corrected chi connectivity index (χ0v) is 17.5. The van der Waals surface area contributed by atoms with Crippen LogP contribution in [0, 0.1) is 0 Å². The zero-order valence-electron chi connectivity index (χ0n) is 16.7. The van der Waals surface area contributed by atoms with Crippen molar-refractivity contribution in [2.45, 2.75) is 50.7 Å². The van der Waals surface area contributed by atoms with Crippen LogP contribution in [0.2, 0.25) is 0 Å². The number of benzene rings is 1. The van der Waals surface area contributed by atoms with Crippen LogP contribution in [-0.4, -0.2) is 43.6 Å². The second kappa shape index (κ2) is 8.83. The number of aromatic nitrogens is 3. The van der Waals surface area contributed by atoms with Crippen molar-refractivity contribution in [2.24, 2.45) is 0 Å². The molecule has 2 aromatic heterocycles. The number of rotatable bonds is 7. The number of alkyl halides is 3. The average molecular weight is 441 g/mol. The third-order valence-electron chi connectivity index (χ3n) is 3.81. The molecular formula is C20H22F3N3O3S. The van der Waals surface area contributed by atoms with Crippen LogP contribution in [0.15, 0.2) is 47.8 Å². The summed E-state index contributed by atoms with van der Waals surface area (Å²) in [4.78, 5) is 8.94. The third kappa shape index (κ3) is 6.35. The molecule has 0 aliphatic rings. The molecule has 0 spiro atoms. The lowest BCUT2D eigenvalue weighted by Gasteiger charge is -2.23. The normalized spacial score (nSPS) is 13.6. The van der Waals surface area contributed by atoms with Gasteiger partial charge in [0.2, 0.25) is 0 Å². The molecule has 0 saturated carbocycles. The Kier molecular flexibility index (Phi) is 6.59. The summed E-state index contributed by atoms with van der Waals surface area (Å²) in [5.74, 6) is -0.0178. The van der Waals surface area contributed by atoms with E-state index in [-0.39, 0.29) is 11.5 Å². The fourth-order valence-corrected chi connectivity index (χ4v) is 3.59. The number of aliphatic hydroxyl groups excluding tert-OH is 1. The number of ether oxygens (including phenoxy) is 2. The van der Waals surface area contributed by atoms with Gasteiger partial charge < -0.3 is 14.6 Å². The number of thioether (sulfide) groups is 1. The summed E-state index contributed by atoms with van der Waals surface area (Å²) in [7, 11) is 0. The molecule has 6 nitrogen and oxygen atoms in total. The first kappa shape index (κ1) is 22.4. The largest absolute Gasteiger partial charge is 0.573 e. The molecule has 30 heavy (non-hydrogen) atoms. The Morgan fingerprint density at radius 3 is 2.47 bits per heavy atom. The molecule has 1 atom stereocenters. The first-order valence-electron chi connectivity index (χ1n) is 9.15. The van der Waals surface area contributed by atoms with Crippen molar-refractivity contribution < 1.29 is 27.8 Å². The van der Waals surface area contributed by atoms with E-state index in [1.165, 1.54) is 23.9 Å². The van der Waals surface area contributed by atoms with Crippen LogP contribution < -0.4 is 4.74 Å². The lowest BCUT2D eigenvalue weighted by atomic mass is 10.2. The SMILES string of the molecule is CC(C)(C)OC(O)CSc1nc2cccnc2n1Cc1ccc(OC(F)(F)F)cc1. The molecule has 1 N–H and O–H groups in total. The summed E-state index contributed by atoms with van der Waals surface area (Å²) in [6.07, 6.45) is -4.06. The Balaban J connectivity index is 1.79. The number of aliphatic hydroxyl groups is 1. The minimum atomic E-state index is -4.73. The third-order valence-corrected chi connectivity index (χ3v) is 4.83. The van der Waals surface area contributed by atoms with E-state index in [1.54, 1.807) is 24.4 Å². The summed E-state index contributed by atoms with van der Waals surface area (Å²) >= 11 is 1.32. The van der Waals surface area contributed by atoms with E-state index in [1.807, 2.05) is 31.4 Å². The fraction of sp³-hybridized carbons (Fsp3) is 0.400. The number of pyridine rings is 1. The maximum atomic E-state index is 12.4. The molecule has 1 aromatic carbocycles. The van der Waals surface area contributed by atoms with E-state index < -0.39 is 18.3 Å². The molecule has 2 heterocycles. The smallest absolute Gasteiger partial charge is 0.406 e. The van der Waals surface area contributed by atoms with Gasteiger partial charge in [-0.05, 0) is 50.6 Å². The standard InChI is InChI=1S/C20H22F3N3O3S/c1-19(2,3)29-16(27)12-30-18-25-15-5-4-10-24-17(15)26(18)11-13-6-8-14(9-7-13)28-20(21,22)23/h4-10,16,27H,11-12H2,1-3H3. The average Bonchev–Trinajstić information content (AvgIpc) is 2.97. The Hall–Kier alpha value is -2.30. The maximum Gasteiger partial charge on any atom is 0.573 e. The predicted octanol–water partition coefficient (Wildman–Crippen LogP) is 4.60. The van der Waals surface area contributed by atoms with Crippen molar-refractivity contribution in [3.8, 4) is 5.75 Å². The molecule has 3 rings (SSSR count). The van der Waals surface area contributed by atoms with Gasteiger partial charge in [0.25, 0.3) is 0 Å². The quantitative estimate of drug-likeness (QED) is 0.427. The lowest BCUT2D eigenvalue weighted by molar-refractivity contribution is -0.274. The highest BCUT2D eigenvalue weighted by Crippen LogP contribution is 2.27. The molecule has 0 fully saturated rings. The highest BCUT2D eigenvalue weighted by molar-refractivity contribution is 7.99. The van der Waals surface area contributed by atoms with Crippen molar-refractivity contribution >= 4 is 22.9 Å². The van der Waals surface area contributed by atoms with Gasteiger partial charge in [-0.3, -0.25) is 4.57 Å². The summed E-state index contributed by atoms with van der Waals surface area (Å²) in [5, 5.41) is 10.7. The number of imidazole rings is 1. The highest BCUT2D eigenvalue weighted by atomic mass is 32.2. The van der Waals surface area contributed by atoms with E-state index in [0.717, 1.165) is 5.56 Å². The number of halogens is 3. The number of hydrogen-bond donors (Lipinski definition) is 1. The van der Waals surface area contributed by atoms with E-state index in [4.69, 9.17) is 4.74 Å². The second-order valence-corrected chi connectivity index (χ2v) is 8.50. The first-order chi connectivity index (χ1) is 14.0. The molecule has 162 valence electrons.